The van der Waals surface area contributed by atoms with Crippen LogP contribution in [0.2, 0.25) is 0 Å². The summed E-state index contributed by atoms with van der Waals surface area (Å²) in [6, 6.07) is 1.94. The normalized spacial score (nSPS) is 17.6. The van der Waals surface area contributed by atoms with Gasteiger partial charge >= 0.3 is 0 Å². The van der Waals surface area contributed by atoms with Crippen LogP contribution in [0.4, 0.5) is 0 Å². The van der Waals surface area contributed by atoms with Crippen LogP contribution < -0.4 is 0 Å². The molecular weight excluding hydrogens is 146 g/mol. The minimum absolute atomic E-state index is 0.860. The van der Waals surface area contributed by atoms with Gasteiger partial charge in [-0.25, -0.2) is 0 Å². The summed E-state index contributed by atoms with van der Waals surface area (Å²) in [7, 11) is 0. The molecule has 0 amide bonds. The highest BCUT2D eigenvalue weighted by Crippen LogP contribution is 2.26. The molecule has 0 aliphatic heterocycles. The maximum absolute atomic E-state index is 8.22. The summed E-state index contributed by atoms with van der Waals surface area (Å²) >= 11 is 0. The number of rotatable bonds is 2. The van der Waals surface area contributed by atoms with Crippen molar-refractivity contribution in [3.8, 4) is 6.07 Å². The van der Waals surface area contributed by atoms with E-state index in [4.69, 9.17) is 5.26 Å². The topological polar surface area (TPSA) is 23.8 Å². The van der Waals surface area contributed by atoms with Gasteiger partial charge in [-0.1, -0.05) is 32.1 Å². The molecule has 0 unspecified atom stereocenters. The van der Waals surface area contributed by atoms with Crippen molar-refractivity contribution in [3.63, 3.8) is 0 Å². The third-order valence-electron chi connectivity index (χ3n) is 2.44. The molecule has 1 nitrogen and oxygen atoms in total. The SMILES string of the molecule is N#CC=C=CCC1CCCCC1. The van der Waals surface area contributed by atoms with E-state index >= 15 is 0 Å². The van der Waals surface area contributed by atoms with Crippen LogP contribution in [0.1, 0.15) is 38.5 Å². The van der Waals surface area contributed by atoms with Crippen molar-refractivity contribution in [2.24, 2.45) is 5.92 Å². The van der Waals surface area contributed by atoms with Crippen molar-refractivity contribution in [1.29, 1.82) is 5.26 Å². The summed E-state index contributed by atoms with van der Waals surface area (Å²) in [5.74, 6) is 0.860. The Morgan fingerprint density at radius 1 is 1.25 bits per heavy atom. The van der Waals surface area contributed by atoms with Gasteiger partial charge in [0.05, 0.1) is 12.1 Å². The van der Waals surface area contributed by atoms with Gasteiger partial charge in [0.1, 0.15) is 0 Å². The molecule has 0 saturated heterocycles. The second-order valence-electron chi connectivity index (χ2n) is 3.38. The Kier molecular flexibility index (Phi) is 4.27. The van der Waals surface area contributed by atoms with Crippen molar-refractivity contribution in [2.45, 2.75) is 38.5 Å². The minimum Gasteiger partial charge on any atom is -0.192 e. The molecule has 64 valence electrons. The van der Waals surface area contributed by atoms with Gasteiger partial charge < -0.3 is 0 Å². The highest BCUT2D eigenvalue weighted by molar-refractivity contribution is 5.01. The molecule has 1 aliphatic carbocycles. The molecule has 0 aromatic heterocycles. The van der Waals surface area contributed by atoms with Gasteiger partial charge in [-0.05, 0) is 18.4 Å². The maximum Gasteiger partial charge on any atom is 0.0996 e. The molecule has 12 heavy (non-hydrogen) atoms. The molecule has 0 aromatic rings. The predicted octanol–water partition coefficient (Wildman–Crippen LogP) is 3.19. The highest BCUT2D eigenvalue weighted by Gasteiger charge is 2.10. The van der Waals surface area contributed by atoms with Crippen molar-refractivity contribution in [2.75, 3.05) is 0 Å². The van der Waals surface area contributed by atoms with Crippen LogP contribution in [0.25, 0.3) is 0 Å². The largest absolute Gasteiger partial charge is 0.192 e. The Bertz CT molecular complexity index is 210. The molecule has 0 radical (unpaired) electrons. The molecule has 0 spiro atoms. The van der Waals surface area contributed by atoms with E-state index in [1.54, 1.807) is 0 Å². The lowest BCUT2D eigenvalue weighted by atomic mass is 9.87. The average molecular weight is 161 g/mol. The van der Waals surface area contributed by atoms with Gasteiger partial charge in [0.25, 0.3) is 0 Å². The van der Waals surface area contributed by atoms with Gasteiger partial charge in [-0.15, -0.1) is 5.73 Å². The van der Waals surface area contributed by atoms with E-state index in [1.165, 1.54) is 38.2 Å². The van der Waals surface area contributed by atoms with Crippen LogP contribution in [-0.4, -0.2) is 0 Å². The van der Waals surface area contributed by atoms with Crippen molar-refractivity contribution < 1.29 is 0 Å². The molecule has 1 aliphatic rings. The first-order valence-corrected chi connectivity index (χ1v) is 4.72. The van der Waals surface area contributed by atoms with Gasteiger partial charge in [0, 0.05) is 0 Å². The van der Waals surface area contributed by atoms with Gasteiger partial charge in [-0.2, -0.15) is 5.26 Å². The zero-order valence-electron chi connectivity index (χ0n) is 7.42. The number of hydrogen-bond donors (Lipinski definition) is 0. The Morgan fingerprint density at radius 2 is 2.00 bits per heavy atom. The first-order valence-electron chi connectivity index (χ1n) is 4.72. The third kappa shape index (κ3) is 3.42. The predicted molar refractivity (Wildman–Crippen MR) is 49.5 cm³/mol. The van der Waals surface area contributed by atoms with Crippen LogP contribution in [0.15, 0.2) is 17.9 Å². The number of nitriles is 1. The molecule has 0 N–H and O–H groups in total. The Balaban J connectivity index is 2.22. The summed E-state index contributed by atoms with van der Waals surface area (Å²) in [5.41, 5.74) is 2.87. The Morgan fingerprint density at radius 3 is 2.67 bits per heavy atom. The second-order valence-corrected chi connectivity index (χ2v) is 3.38. The lowest BCUT2D eigenvalue weighted by Crippen LogP contribution is -2.04. The summed E-state index contributed by atoms with van der Waals surface area (Å²) in [5, 5.41) is 8.22. The standard InChI is InChI=1S/C11H15N/c12-10-6-2-5-9-11-7-3-1-4-8-11/h5-6,11H,1,3-4,7-9H2. The zero-order valence-corrected chi connectivity index (χ0v) is 7.42. The summed E-state index contributed by atoms with van der Waals surface area (Å²) in [6.45, 7) is 0. The monoisotopic (exact) mass is 161 g/mol. The molecule has 1 saturated carbocycles. The number of allylic oxidation sites excluding steroid dienone is 1. The van der Waals surface area contributed by atoms with E-state index in [0.717, 1.165) is 12.3 Å². The molecule has 1 rings (SSSR count). The highest BCUT2D eigenvalue weighted by atomic mass is 14.2. The Labute approximate surface area is 74.4 Å². The first kappa shape index (κ1) is 9.10. The van der Waals surface area contributed by atoms with Crippen LogP contribution in [0.3, 0.4) is 0 Å². The zero-order chi connectivity index (χ0) is 8.65. The van der Waals surface area contributed by atoms with Crippen LogP contribution >= 0.6 is 0 Å². The quantitative estimate of drug-likeness (QED) is 0.450. The van der Waals surface area contributed by atoms with Gasteiger partial charge in [0.15, 0.2) is 0 Å². The molecule has 1 heteroatoms. The van der Waals surface area contributed by atoms with Crippen molar-refractivity contribution in [3.05, 3.63) is 17.9 Å². The van der Waals surface area contributed by atoms with E-state index in [9.17, 15) is 0 Å². The van der Waals surface area contributed by atoms with Crippen LogP contribution in [-0.2, 0) is 0 Å². The smallest absolute Gasteiger partial charge is 0.0996 e. The fraction of sp³-hybridized carbons (Fsp3) is 0.636. The summed E-state index contributed by atoms with van der Waals surface area (Å²) in [6.07, 6.45) is 11.4. The molecular formula is C11H15N. The van der Waals surface area contributed by atoms with Gasteiger partial charge in [0.2, 0.25) is 0 Å². The number of nitrogens with zero attached hydrogens (tertiary/aromatic N) is 1. The summed E-state index contributed by atoms with van der Waals surface area (Å²) in [4.78, 5) is 0. The first-order chi connectivity index (χ1) is 5.93. The maximum atomic E-state index is 8.22. The summed E-state index contributed by atoms with van der Waals surface area (Å²) < 4.78 is 0. The average Bonchev–Trinajstić information content (AvgIpc) is 2.14. The van der Waals surface area contributed by atoms with E-state index in [1.807, 2.05) is 12.1 Å². The lowest BCUT2D eigenvalue weighted by molar-refractivity contribution is 0.361. The number of hydrogen-bond acceptors (Lipinski definition) is 1. The Hall–Kier alpha value is -0.990. The van der Waals surface area contributed by atoms with E-state index in [0.29, 0.717) is 0 Å². The van der Waals surface area contributed by atoms with Crippen LogP contribution in [0, 0.1) is 17.2 Å². The molecule has 0 heterocycles. The molecule has 1 fully saturated rings. The van der Waals surface area contributed by atoms with Gasteiger partial charge in [-0.3, -0.25) is 0 Å². The van der Waals surface area contributed by atoms with E-state index < -0.39 is 0 Å². The van der Waals surface area contributed by atoms with E-state index in [-0.39, 0.29) is 0 Å². The van der Waals surface area contributed by atoms with Crippen molar-refractivity contribution >= 4 is 0 Å². The minimum atomic E-state index is 0.860. The van der Waals surface area contributed by atoms with E-state index in [2.05, 4.69) is 5.73 Å². The lowest BCUT2D eigenvalue weighted by Gasteiger charge is -2.19. The van der Waals surface area contributed by atoms with Crippen LogP contribution in [0.5, 0.6) is 0 Å². The fourth-order valence-electron chi connectivity index (χ4n) is 1.75. The second kappa shape index (κ2) is 5.63. The molecule has 0 atom stereocenters. The molecule has 0 bridgehead atoms. The third-order valence-corrected chi connectivity index (χ3v) is 2.44. The van der Waals surface area contributed by atoms with Crippen molar-refractivity contribution in [1.82, 2.24) is 0 Å². The fourth-order valence-corrected chi connectivity index (χ4v) is 1.75. The molecule has 0 aromatic carbocycles.